The van der Waals surface area contributed by atoms with Crippen molar-refractivity contribution in [2.24, 2.45) is 0 Å². The van der Waals surface area contributed by atoms with Crippen LogP contribution in [-0.2, 0) is 19.3 Å². The lowest BCUT2D eigenvalue weighted by Crippen LogP contribution is -2.12. The van der Waals surface area contributed by atoms with Crippen molar-refractivity contribution in [1.29, 1.82) is 0 Å². The van der Waals surface area contributed by atoms with E-state index < -0.39 is 6.10 Å². The summed E-state index contributed by atoms with van der Waals surface area (Å²) in [5, 5.41) is 14.7. The second-order valence-corrected chi connectivity index (χ2v) is 5.82. The van der Waals surface area contributed by atoms with Gasteiger partial charge in [-0.05, 0) is 49.8 Å². The van der Waals surface area contributed by atoms with E-state index in [-0.39, 0.29) is 6.04 Å². The number of fused-ring (bicyclic) bond motifs is 1. The summed E-state index contributed by atoms with van der Waals surface area (Å²) in [5.74, 6) is 0.841. The molecule has 106 valence electrons. The predicted octanol–water partition coefficient (Wildman–Crippen LogP) is 2.62. The third-order valence-electron chi connectivity index (χ3n) is 4.02. The molecule has 0 spiro atoms. The molecule has 1 aliphatic carbocycles. The van der Waals surface area contributed by atoms with Gasteiger partial charge in [0.1, 0.15) is 12.2 Å². The molecule has 0 saturated heterocycles. The van der Waals surface area contributed by atoms with Gasteiger partial charge in [0.05, 0.1) is 6.10 Å². The third-order valence-corrected chi connectivity index (χ3v) is 4.02. The quantitative estimate of drug-likeness (QED) is 0.930. The van der Waals surface area contributed by atoms with Crippen molar-refractivity contribution in [3.05, 3.63) is 47.0 Å². The van der Waals surface area contributed by atoms with Crippen LogP contribution in [0.5, 0.6) is 0 Å². The average molecular weight is 271 g/mol. The van der Waals surface area contributed by atoms with E-state index in [1.165, 1.54) is 24.0 Å². The van der Waals surface area contributed by atoms with Crippen LogP contribution >= 0.6 is 0 Å². The highest BCUT2D eigenvalue weighted by molar-refractivity contribution is 5.36. The van der Waals surface area contributed by atoms with Crippen LogP contribution in [-0.4, -0.2) is 19.9 Å². The van der Waals surface area contributed by atoms with Gasteiger partial charge in [0.15, 0.2) is 0 Å². The molecule has 0 bridgehead atoms. The molecule has 0 saturated carbocycles. The Hall–Kier alpha value is -1.68. The van der Waals surface area contributed by atoms with Gasteiger partial charge in [-0.3, -0.25) is 0 Å². The molecule has 0 fully saturated rings. The van der Waals surface area contributed by atoms with Crippen molar-refractivity contribution in [3.8, 4) is 0 Å². The highest BCUT2D eigenvalue weighted by Gasteiger charge is 2.17. The lowest BCUT2D eigenvalue weighted by Gasteiger charge is -2.14. The van der Waals surface area contributed by atoms with Gasteiger partial charge in [-0.25, -0.2) is 9.67 Å². The molecule has 0 amide bonds. The Balaban J connectivity index is 1.79. The molecule has 4 nitrogen and oxygen atoms in total. The van der Waals surface area contributed by atoms with Gasteiger partial charge in [-0.15, -0.1) is 0 Å². The van der Waals surface area contributed by atoms with Crippen molar-refractivity contribution in [3.63, 3.8) is 0 Å². The number of rotatable bonds is 4. The first-order valence-electron chi connectivity index (χ1n) is 7.33. The average Bonchev–Trinajstić information content (AvgIpc) is 3.05. The number of aromatic nitrogens is 3. The summed E-state index contributed by atoms with van der Waals surface area (Å²) in [5.41, 5.74) is 3.82. The minimum atomic E-state index is -0.511. The van der Waals surface area contributed by atoms with E-state index in [1.54, 1.807) is 6.33 Å². The fourth-order valence-corrected chi connectivity index (χ4v) is 2.94. The van der Waals surface area contributed by atoms with Crippen LogP contribution in [0.2, 0.25) is 0 Å². The zero-order chi connectivity index (χ0) is 14.1. The highest BCUT2D eigenvalue weighted by Crippen LogP contribution is 2.26. The van der Waals surface area contributed by atoms with Crippen molar-refractivity contribution < 1.29 is 5.11 Å². The van der Waals surface area contributed by atoms with Crippen molar-refractivity contribution in [2.75, 3.05) is 0 Å². The van der Waals surface area contributed by atoms with Crippen molar-refractivity contribution in [2.45, 2.75) is 51.7 Å². The Morgan fingerprint density at radius 2 is 2.05 bits per heavy atom. The van der Waals surface area contributed by atoms with Gasteiger partial charge in [0.25, 0.3) is 0 Å². The van der Waals surface area contributed by atoms with Gasteiger partial charge in [0, 0.05) is 12.5 Å². The fraction of sp³-hybridized carbons (Fsp3) is 0.500. The first-order valence-corrected chi connectivity index (χ1v) is 7.33. The predicted molar refractivity (Wildman–Crippen MR) is 77.5 cm³/mol. The Labute approximate surface area is 119 Å². The topological polar surface area (TPSA) is 50.9 Å². The number of nitrogens with zero attached hydrogens (tertiary/aromatic N) is 3. The molecule has 1 heterocycles. The Bertz CT molecular complexity index is 604. The first-order chi connectivity index (χ1) is 9.65. The molecule has 4 heteroatoms. The second kappa shape index (κ2) is 5.37. The summed E-state index contributed by atoms with van der Waals surface area (Å²) in [4.78, 5) is 4.27. The lowest BCUT2D eigenvalue weighted by molar-refractivity contribution is 0.173. The summed E-state index contributed by atoms with van der Waals surface area (Å²) in [6, 6.07) is 6.63. The van der Waals surface area contributed by atoms with Gasteiger partial charge < -0.3 is 5.11 Å². The van der Waals surface area contributed by atoms with Gasteiger partial charge in [-0.2, -0.15) is 5.10 Å². The molecular weight excluding hydrogens is 250 g/mol. The maximum atomic E-state index is 10.4. The van der Waals surface area contributed by atoms with E-state index in [2.05, 4.69) is 36.1 Å². The Morgan fingerprint density at radius 3 is 2.85 bits per heavy atom. The molecule has 1 unspecified atom stereocenters. The van der Waals surface area contributed by atoms with Crippen LogP contribution in [0, 0.1) is 0 Å². The minimum Gasteiger partial charge on any atom is -0.388 e. The van der Waals surface area contributed by atoms with E-state index in [0.717, 1.165) is 17.8 Å². The zero-order valence-electron chi connectivity index (χ0n) is 12.1. The van der Waals surface area contributed by atoms with Gasteiger partial charge in [-0.1, -0.05) is 18.2 Å². The van der Waals surface area contributed by atoms with Crippen LogP contribution < -0.4 is 0 Å². The van der Waals surface area contributed by atoms with E-state index >= 15 is 0 Å². The van der Waals surface area contributed by atoms with Crippen LogP contribution in [0.4, 0.5) is 0 Å². The van der Waals surface area contributed by atoms with Crippen LogP contribution in [0.1, 0.15) is 54.9 Å². The molecule has 0 aliphatic heterocycles. The smallest absolute Gasteiger partial charge is 0.138 e. The zero-order valence-corrected chi connectivity index (χ0v) is 12.1. The number of benzene rings is 1. The Kier molecular flexibility index (Phi) is 3.57. The number of hydrogen-bond donors (Lipinski definition) is 1. The Morgan fingerprint density at radius 1 is 1.25 bits per heavy atom. The maximum Gasteiger partial charge on any atom is 0.138 e. The van der Waals surface area contributed by atoms with E-state index in [9.17, 15) is 5.11 Å². The van der Waals surface area contributed by atoms with Crippen molar-refractivity contribution >= 4 is 0 Å². The lowest BCUT2D eigenvalue weighted by atomic mass is 10.0. The van der Waals surface area contributed by atoms with Gasteiger partial charge >= 0.3 is 0 Å². The maximum absolute atomic E-state index is 10.4. The summed E-state index contributed by atoms with van der Waals surface area (Å²) in [6.45, 7) is 4.14. The van der Waals surface area contributed by atoms with Crippen LogP contribution in [0.25, 0.3) is 0 Å². The number of aliphatic hydroxyl groups is 1. The van der Waals surface area contributed by atoms with Crippen molar-refractivity contribution in [1.82, 2.24) is 14.8 Å². The molecule has 1 N–H and O–H groups in total. The first kappa shape index (κ1) is 13.3. The largest absolute Gasteiger partial charge is 0.388 e. The highest BCUT2D eigenvalue weighted by atomic mass is 16.3. The normalized spacial score (nSPS) is 15.6. The van der Waals surface area contributed by atoms with E-state index in [1.807, 2.05) is 10.7 Å². The summed E-state index contributed by atoms with van der Waals surface area (Å²) >= 11 is 0. The number of aryl methyl sites for hydroxylation is 2. The third kappa shape index (κ3) is 2.48. The molecule has 20 heavy (non-hydrogen) atoms. The monoisotopic (exact) mass is 271 g/mol. The molecule has 1 aliphatic rings. The fourth-order valence-electron chi connectivity index (χ4n) is 2.94. The molecule has 3 rings (SSSR count). The van der Waals surface area contributed by atoms with Gasteiger partial charge in [0.2, 0.25) is 0 Å². The van der Waals surface area contributed by atoms with Crippen LogP contribution in [0.15, 0.2) is 24.5 Å². The molecule has 1 aromatic heterocycles. The molecule has 0 radical (unpaired) electrons. The molecule has 1 atom stereocenters. The number of aliphatic hydroxyl groups excluding tert-OH is 1. The molecule has 2 aromatic rings. The summed E-state index contributed by atoms with van der Waals surface area (Å²) in [6.07, 6.45) is 5.10. The minimum absolute atomic E-state index is 0.264. The van der Waals surface area contributed by atoms with Crippen LogP contribution in [0.3, 0.4) is 0 Å². The number of hydrogen-bond acceptors (Lipinski definition) is 3. The summed E-state index contributed by atoms with van der Waals surface area (Å²) in [7, 11) is 0. The van der Waals surface area contributed by atoms with E-state index in [0.29, 0.717) is 6.42 Å². The second-order valence-electron chi connectivity index (χ2n) is 5.82. The molecule has 1 aromatic carbocycles. The standard InChI is InChI=1S/C16H21N3O/c1-11(2)19-16(17-10-18-19)9-15(20)14-7-6-12-4-3-5-13(12)8-14/h6-8,10-11,15,20H,3-5,9H2,1-2H3. The van der Waals surface area contributed by atoms with E-state index in [4.69, 9.17) is 0 Å². The summed E-state index contributed by atoms with van der Waals surface area (Å²) < 4.78 is 1.87. The molecular formula is C16H21N3O. The SMILES string of the molecule is CC(C)n1ncnc1CC(O)c1ccc2c(c1)CCC2.